The number of nitrogens with two attached hydrogens (primary N) is 1. The quantitative estimate of drug-likeness (QED) is 0.839. The van der Waals surface area contributed by atoms with E-state index in [-0.39, 0.29) is 5.75 Å². The first-order valence-electron chi connectivity index (χ1n) is 3.71. The minimum atomic E-state index is -4.08. The first kappa shape index (κ1) is 11.8. The molecule has 0 saturated carbocycles. The molecule has 0 bridgehead atoms. The van der Waals surface area contributed by atoms with Gasteiger partial charge in [-0.15, -0.1) is 0 Å². The normalized spacial score (nSPS) is 11.8. The lowest BCUT2D eigenvalue weighted by Gasteiger charge is -2.07. The molecule has 2 N–H and O–H groups in total. The van der Waals surface area contributed by atoms with Gasteiger partial charge in [0.2, 0.25) is 0 Å². The Balaban J connectivity index is 3.35. The highest BCUT2D eigenvalue weighted by molar-refractivity contribution is 7.89. The number of rotatable bonds is 3. The maximum Gasteiger partial charge on any atom is 0.267 e. The lowest BCUT2D eigenvalue weighted by atomic mass is 10.2. The van der Waals surface area contributed by atoms with Crippen molar-refractivity contribution in [3.63, 3.8) is 0 Å². The van der Waals surface area contributed by atoms with Gasteiger partial charge in [0.25, 0.3) is 16.4 Å². The Morgan fingerprint density at radius 2 is 2.13 bits per heavy atom. The van der Waals surface area contributed by atoms with Crippen molar-refractivity contribution >= 4 is 10.0 Å². The Labute approximate surface area is 84.9 Å². The van der Waals surface area contributed by atoms with Crippen LogP contribution in [0.25, 0.3) is 0 Å². The predicted molar refractivity (Wildman–Crippen MR) is 47.1 cm³/mol. The van der Waals surface area contributed by atoms with E-state index < -0.39 is 27.0 Å². The number of methoxy groups -OCH3 is 1. The van der Waals surface area contributed by atoms with E-state index in [0.29, 0.717) is 6.07 Å². The van der Waals surface area contributed by atoms with Crippen LogP contribution < -0.4 is 9.88 Å². The SMILES string of the molecule is COc1cnc(S(N)(=O)=O)cc1C(F)F. The van der Waals surface area contributed by atoms with Gasteiger partial charge in [-0.25, -0.2) is 27.3 Å². The van der Waals surface area contributed by atoms with Crippen LogP contribution >= 0.6 is 0 Å². The van der Waals surface area contributed by atoms with E-state index in [2.05, 4.69) is 9.72 Å². The first-order chi connectivity index (χ1) is 6.86. The van der Waals surface area contributed by atoms with Gasteiger partial charge in [-0.2, -0.15) is 0 Å². The fraction of sp³-hybridized carbons (Fsp3) is 0.286. The molecule has 0 aliphatic heterocycles. The summed E-state index contributed by atoms with van der Waals surface area (Å²) in [7, 11) is -2.90. The first-order valence-corrected chi connectivity index (χ1v) is 5.25. The summed E-state index contributed by atoms with van der Waals surface area (Å²) >= 11 is 0. The fourth-order valence-electron chi connectivity index (χ4n) is 0.935. The van der Waals surface area contributed by atoms with Crippen LogP contribution in [0.15, 0.2) is 17.3 Å². The molecule has 84 valence electrons. The molecule has 0 radical (unpaired) electrons. The number of hydrogen-bond acceptors (Lipinski definition) is 4. The Morgan fingerprint density at radius 1 is 1.53 bits per heavy atom. The Kier molecular flexibility index (Phi) is 3.20. The zero-order valence-electron chi connectivity index (χ0n) is 7.65. The minimum absolute atomic E-state index is 0.183. The second kappa shape index (κ2) is 4.07. The van der Waals surface area contributed by atoms with Crippen molar-refractivity contribution in [2.45, 2.75) is 11.5 Å². The molecule has 8 heteroatoms. The van der Waals surface area contributed by atoms with E-state index in [0.717, 1.165) is 6.20 Å². The summed E-state index contributed by atoms with van der Waals surface area (Å²) in [6.07, 6.45) is -1.97. The van der Waals surface area contributed by atoms with E-state index >= 15 is 0 Å². The van der Waals surface area contributed by atoms with Crippen molar-refractivity contribution in [2.75, 3.05) is 7.11 Å². The Hall–Kier alpha value is -1.28. The number of ether oxygens (including phenoxy) is 1. The summed E-state index contributed by atoms with van der Waals surface area (Å²) in [5.74, 6) is -0.183. The molecule has 0 spiro atoms. The van der Waals surface area contributed by atoms with Gasteiger partial charge >= 0.3 is 0 Å². The average molecular weight is 238 g/mol. The van der Waals surface area contributed by atoms with E-state index in [4.69, 9.17) is 5.14 Å². The van der Waals surface area contributed by atoms with Gasteiger partial charge in [-0.05, 0) is 6.07 Å². The van der Waals surface area contributed by atoms with Crippen LogP contribution in [-0.2, 0) is 10.0 Å². The molecule has 0 aliphatic rings. The lowest BCUT2D eigenvalue weighted by molar-refractivity contribution is 0.146. The molecule has 5 nitrogen and oxygen atoms in total. The highest BCUT2D eigenvalue weighted by Crippen LogP contribution is 2.29. The second-order valence-corrected chi connectivity index (χ2v) is 4.12. The minimum Gasteiger partial charge on any atom is -0.495 e. The van der Waals surface area contributed by atoms with Gasteiger partial charge in [-0.3, -0.25) is 0 Å². The summed E-state index contributed by atoms with van der Waals surface area (Å²) in [5, 5.41) is 4.13. The van der Waals surface area contributed by atoms with Gasteiger partial charge in [0.1, 0.15) is 5.75 Å². The Morgan fingerprint density at radius 3 is 2.53 bits per heavy atom. The van der Waals surface area contributed by atoms with Gasteiger partial charge in [0.05, 0.1) is 18.9 Å². The van der Waals surface area contributed by atoms with Crippen LogP contribution in [0.2, 0.25) is 0 Å². The van der Waals surface area contributed by atoms with Crippen molar-refractivity contribution in [1.82, 2.24) is 4.98 Å². The zero-order chi connectivity index (χ0) is 11.6. The summed E-state index contributed by atoms with van der Waals surface area (Å²) in [6, 6.07) is 0.693. The largest absolute Gasteiger partial charge is 0.495 e. The molecule has 0 unspecified atom stereocenters. The van der Waals surface area contributed by atoms with Crippen LogP contribution in [-0.4, -0.2) is 20.5 Å². The van der Waals surface area contributed by atoms with E-state index in [9.17, 15) is 17.2 Å². The monoisotopic (exact) mass is 238 g/mol. The standard InChI is InChI=1S/C7H8F2N2O3S/c1-14-5-3-11-6(15(10,12)13)2-4(5)7(8)9/h2-3,7H,1H3,(H2,10,12,13). The number of alkyl halides is 2. The van der Waals surface area contributed by atoms with Gasteiger partial charge < -0.3 is 4.74 Å². The molecule has 0 amide bonds. The van der Waals surface area contributed by atoms with E-state index in [1.165, 1.54) is 7.11 Å². The molecule has 15 heavy (non-hydrogen) atoms. The lowest BCUT2D eigenvalue weighted by Crippen LogP contribution is -2.14. The number of nitrogens with zero attached hydrogens (tertiary/aromatic N) is 1. The number of pyridine rings is 1. The average Bonchev–Trinajstić information content (AvgIpc) is 2.15. The maximum absolute atomic E-state index is 12.4. The number of hydrogen-bond donors (Lipinski definition) is 1. The highest BCUT2D eigenvalue weighted by Gasteiger charge is 2.19. The predicted octanol–water partition coefficient (Wildman–Crippen LogP) is 0.675. The third kappa shape index (κ3) is 2.60. The molecule has 0 atom stereocenters. The van der Waals surface area contributed by atoms with Crippen molar-refractivity contribution in [2.24, 2.45) is 5.14 Å². The second-order valence-electron chi connectivity index (χ2n) is 2.61. The summed E-state index contributed by atoms with van der Waals surface area (Å²) in [5.41, 5.74) is -0.559. The van der Waals surface area contributed by atoms with Gasteiger partial charge in [-0.1, -0.05) is 0 Å². The smallest absolute Gasteiger partial charge is 0.267 e. The number of sulfonamides is 1. The molecule has 1 rings (SSSR count). The molecule has 0 fully saturated rings. The van der Waals surface area contributed by atoms with E-state index in [1.54, 1.807) is 0 Å². The van der Waals surface area contributed by atoms with Crippen LogP contribution in [0.5, 0.6) is 5.75 Å². The van der Waals surface area contributed by atoms with Crippen LogP contribution in [0.3, 0.4) is 0 Å². The third-order valence-corrected chi connectivity index (χ3v) is 2.43. The molecular formula is C7H8F2N2O3S. The summed E-state index contributed by atoms with van der Waals surface area (Å²) in [6.45, 7) is 0. The summed E-state index contributed by atoms with van der Waals surface area (Å²) in [4.78, 5) is 3.39. The molecule has 1 aromatic heterocycles. The molecular weight excluding hydrogens is 230 g/mol. The molecule has 1 aromatic rings. The molecule has 0 aromatic carbocycles. The van der Waals surface area contributed by atoms with Crippen molar-refractivity contribution in [1.29, 1.82) is 0 Å². The van der Waals surface area contributed by atoms with Crippen molar-refractivity contribution in [3.8, 4) is 5.75 Å². The van der Waals surface area contributed by atoms with Crippen LogP contribution in [0.1, 0.15) is 12.0 Å². The number of aromatic nitrogens is 1. The number of halogens is 2. The topological polar surface area (TPSA) is 82.3 Å². The van der Waals surface area contributed by atoms with Gasteiger partial charge in [0.15, 0.2) is 5.03 Å². The third-order valence-electron chi connectivity index (χ3n) is 1.62. The van der Waals surface area contributed by atoms with Crippen molar-refractivity contribution in [3.05, 3.63) is 17.8 Å². The zero-order valence-corrected chi connectivity index (χ0v) is 8.46. The van der Waals surface area contributed by atoms with Gasteiger partial charge in [0, 0.05) is 0 Å². The van der Waals surface area contributed by atoms with Crippen molar-refractivity contribution < 1.29 is 21.9 Å². The molecule has 1 heterocycles. The molecule has 0 saturated heterocycles. The highest BCUT2D eigenvalue weighted by atomic mass is 32.2. The Bertz CT molecular complexity index is 461. The maximum atomic E-state index is 12.4. The van der Waals surface area contributed by atoms with Crippen LogP contribution in [0.4, 0.5) is 8.78 Å². The molecule has 0 aliphatic carbocycles. The summed E-state index contributed by atoms with van der Waals surface area (Å²) < 4.78 is 51.1. The number of primary sulfonamides is 1. The van der Waals surface area contributed by atoms with Crippen LogP contribution in [0, 0.1) is 0 Å². The fourth-order valence-corrected chi connectivity index (χ4v) is 1.43. The van der Waals surface area contributed by atoms with E-state index in [1.807, 2.05) is 0 Å².